The molecular formula is C23H28N2O6S. The molecule has 8 nitrogen and oxygen atoms in total. The van der Waals surface area contributed by atoms with Gasteiger partial charge in [0, 0.05) is 12.1 Å². The molecule has 0 bridgehead atoms. The van der Waals surface area contributed by atoms with Gasteiger partial charge in [0.2, 0.25) is 5.60 Å². The van der Waals surface area contributed by atoms with Crippen LogP contribution in [0, 0.1) is 10.1 Å². The van der Waals surface area contributed by atoms with Crippen molar-refractivity contribution >= 4 is 22.6 Å². The summed E-state index contributed by atoms with van der Waals surface area (Å²) in [7, 11) is -0.383. The summed E-state index contributed by atoms with van der Waals surface area (Å²) >= 11 is 0. The van der Waals surface area contributed by atoms with Crippen molar-refractivity contribution in [3.05, 3.63) is 88.5 Å². The van der Waals surface area contributed by atoms with Crippen LogP contribution < -0.4 is 4.72 Å². The summed E-state index contributed by atoms with van der Waals surface area (Å²) in [6.07, 6.45) is 1.49. The van der Waals surface area contributed by atoms with E-state index in [1.807, 2.05) is 0 Å². The third-order valence-corrected chi connectivity index (χ3v) is 6.31. The molecule has 3 atom stereocenters. The van der Waals surface area contributed by atoms with Crippen LogP contribution in [-0.2, 0) is 30.9 Å². The van der Waals surface area contributed by atoms with Crippen LogP contribution in [0.15, 0.2) is 67.3 Å². The SMILES string of the molecule is C=CCO[C@](C(=O)OC)(c1ccccc1)[C@H](NS(=O)C(C)(C)C)c1ccc([N+](=O)[O-])cc1. The second-order valence-electron chi connectivity index (χ2n) is 7.97. The molecule has 1 N–H and O–H groups in total. The molecule has 0 radical (unpaired) electrons. The molecule has 2 aromatic rings. The minimum Gasteiger partial charge on any atom is -0.467 e. The van der Waals surface area contributed by atoms with E-state index in [9.17, 15) is 19.1 Å². The highest BCUT2D eigenvalue weighted by molar-refractivity contribution is 7.84. The Morgan fingerprint density at radius 1 is 1.19 bits per heavy atom. The van der Waals surface area contributed by atoms with Gasteiger partial charge in [-0.05, 0) is 31.9 Å². The van der Waals surface area contributed by atoms with Crippen molar-refractivity contribution in [2.24, 2.45) is 0 Å². The Morgan fingerprint density at radius 2 is 1.78 bits per heavy atom. The van der Waals surface area contributed by atoms with Gasteiger partial charge in [0.15, 0.2) is 0 Å². The third-order valence-electron chi connectivity index (χ3n) is 4.74. The van der Waals surface area contributed by atoms with Crippen LogP contribution in [0.2, 0.25) is 0 Å². The molecule has 0 saturated heterocycles. The number of non-ortho nitro benzene ring substituents is 1. The largest absolute Gasteiger partial charge is 0.467 e. The highest BCUT2D eigenvalue weighted by Gasteiger charge is 2.51. The van der Waals surface area contributed by atoms with E-state index in [2.05, 4.69) is 11.3 Å². The first kappa shape index (κ1) is 25.4. The number of ether oxygens (including phenoxy) is 2. The predicted octanol–water partition coefficient (Wildman–Crippen LogP) is 3.96. The number of nitrogens with zero attached hydrogens (tertiary/aromatic N) is 1. The fourth-order valence-electron chi connectivity index (χ4n) is 3.11. The first-order chi connectivity index (χ1) is 15.1. The quantitative estimate of drug-likeness (QED) is 0.249. The van der Waals surface area contributed by atoms with Gasteiger partial charge in [-0.15, -0.1) is 6.58 Å². The van der Waals surface area contributed by atoms with E-state index in [1.54, 1.807) is 51.1 Å². The first-order valence-corrected chi connectivity index (χ1v) is 11.0. The van der Waals surface area contributed by atoms with Crippen molar-refractivity contribution in [2.45, 2.75) is 37.2 Å². The smallest absolute Gasteiger partial charge is 0.344 e. The number of nitro benzene ring substituents is 1. The summed E-state index contributed by atoms with van der Waals surface area (Å²) in [6.45, 7) is 9.03. The Kier molecular flexibility index (Phi) is 8.43. The molecule has 0 aliphatic carbocycles. The predicted molar refractivity (Wildman–Crippen MR) is 123 cm³/mol. The number of nitro groups is 1. The molecule has 2 aromatic carbocycles. The molecule has 9 heteroatoms. The second-order valence-corrected chi connectivity index (χ2v) is 9.97. The van der Waals surface area contributed by atoms with Gasteiger partial charge < -0.3 is 9.47 Å². The van der Waals surface area contributed by atoms with Crippen molar-refractivity contribution in [2.75, 3.05) is 13.7 Å². The summed E-state index contributed by atoms with van der Waals surface area (Å²) < 4.78 is 26.8. The molecule has 1 unspecified atom stereocenters. The van der Waals surface area contributed by atoms with E-state index in [4.69, 9.17) is 9.47 Å². The third kappa shape index (κ3) is 5.48. The van der Waals surface area contributed by atoms with E-state index < -0.39 is 38.3 Å². The molecule has 0 saturated carbocycles. The van der Waals surface area contributed by atoms with Crippen molar-refractivity contribution in [1.29, 1.82) is 0 Å². The summed E-state index contributed by atoms with van der Waals surface area (Å²) in [5, 5.41) is 11.1. The number of carbonyl (C=O) groups is 1. The Labute approximate surface area is 190 Å². The van der Waals surface area contributed by atoms with Gasteiger partial charge in [-0.3, -0.25) is 10.1 Å². The van der Waals surface area contributed by atoms with Gasteiger partial charge in [0.25, 0.3) is 5.69 Å². The number of nitrogens with one attached hydrogen (secondary N) is 1. The van der Waals surface area contributed by atoms with Crippen molar-refractivity contribution in [3.8, 4) is 0 Å². The van der Waals surface area contributed by atoms with Crippen molar-refractivity contribution in [3.63, 3.8) is 0 Å². The monoisotopic (exact) mass is 460 g/mol. The molecule has 0 spiro atoms. The number of hydrogen-bond donors (Lipinski definition) is 1. The molecule has 0 fully saturated rings. The fraction of sp³-hybridized carbons (Fsp3) is 0.348. The van der Waals surface area contributed by atoms with Gasteiger partial charge in [0.1, 0.15) is 0 Å². The Hall–Kier alpha value is -2.88. The minimum absolute atomic E-state index is 0.00267. The average molecular weight is 461 g/mol. The number of benzene rings is 2. The fourth-order valence-corrected chi connectivity index (χ4v) is 3.98. The molecule has 0 heterocycles. The maximum absolute atomic E-state index is 13.3. The zero-order valence-electron chi connectivity index (χ0n) is 18.6. The standard InChI is InChI=1S/C23H28N2O6S/c1-6-16-31-23(21(26)30-5,18-10-8-7-9-11-18)20(24-32(29)22(2,3)4)17-12-14-19(15-13-17)25(27)28/h6-15,20,24H,1,16H2,2-5H3/t20-,23-,32?/m1/s1. The topological polar surface area (TPSA) is 108 Å². The first-order valence-electron chi connectivity index (χ1n) is 9.89. The number of carbonyl (C=O) groups excluding carboxylic acids is 1. The van der Waals surface area contributed by atoms with Crippen molar-refractivity contribution in [1.82, 2.24) is 4.72 Å². The summed E-state index contributed by atoms with van der Waals surface area (Å²) in [5.74, 6) is -0.715. The van der Waals surface area contributed by atoms with Crippen LogP contribution in [0.5, 0.6) is 0 Å². The van der Waals surface area contributed by atoms with E-state index in [-0.39, 0.29) is 12.3 Å². The lowest BCUT2D eigenvalue weighted by Crippen LogP contribution is -2.52. The second kappa shape index (κ2) is 10.6. The Morgan fingerprint density at radius 3 is 2.25 bits per heavy atom. The molecular weight excluding hydrogens is 432 g/mol. The summed E-state index contributed by atoms with van der Waals surface area (Å²) in [4.78, 5) is 24.0. The van der Waals surface area contributed by atoms with E-state index in [1.165, 1.54) is 37.5 Å². The van der Waals surface area contributed by atoms with E-state index >= 15 is 0 Å². The lowest BCUT2D eigenvalue weighted by Gasteiger charge is -2.39. The normalized spacial score (nSPS) is 15.2. The zero-order chi connectivity index (χ0) is 23.9. The van der Waals surface area contributed by atoms with E-state index in [0.717, 1.165) is 0 Å². The van der Waals surface area contributed by atoms with Gasteiger partial charge in [0.05, 0.1) is 40.4 Å². The lowest BCUT2D eigenvalue weighted by molar-refractivity contribution is -0.384. The van der Waals surface area contributed by atoms with Crippen LogP contribution in [-0.4, -0.2) is 33.6 Å². The molecule has 2 rings (SSSR count). The van der Waals surface area contributed by atoms with Crippen LogP contribution >= 0.6 is 0 Å². The summed E-state index contributed by atoms with van der Waals surface area (Å²) in [6, 6.07) is 13.4. The number of rotatable bonds is 10. The number of hydrogen-bond acceptors (Lipinski definition) is 6. The maximum atomic E-state index is 13.3. The minimum atomic E-state index is -1.75. The Balaban J connectivity index is 2.80. The molecule has 0 aliphatic rings. The number of methoxy groups -OCH3 is 1. The molecule has 0 aliphatic heterocycles. The van der Waals surface area contributed by atoms with Gasteiger partial charge in [-0.25, -0.2) is 13.7 Å². The number of esters is 1. The van der Waals surface area contributed by atoms with Crippen LogP contribution in [0.25, 0.3) is 0 Å². The molecule has 172 valence electrons. The maximum Gasteiger partial charge on any atom is 0.344 e. The molecule has 32 heavy (non-hydrogen) atoms. The van der Waals surface area contributed by atoms with Crippen LogP contribution in [0.3, 0.4) is 0 Å². The summed E-state index contributed by atoms with van der Waals surface area (Å²) in [5.41, 5.74) is -0.928. The van der Waals surface area contributed by atoms with Gasteiger partial charge >= 0.3 is 5.97 Å². The van der Waals surface area contributed by atoms with E-state index in [0.29, 0.717) is 11.1 Å². The van der Waals surface area contributed by atoms with Crippen LogP contribution in [0.4, 0.5) is 5.69 Å². The van der Waals surface area contributed by atoms with Gasteiger partial charge in [-0.1, -0.05) is 48.5 Å². The lowest BCUT2D eigenvalue weighted by atomic mass is 9.82. The van der Waals surface area contributed by atoms with Crippen LogP contribution in [0.1, 0.15) is 37.9 Å². The average Bonchev–Trinajstić information content (AvgIpc) is 2.78. The molecule has 0 aromatic heterocycles. The highest BCUT2D eigenvalue weighted by atomic mass is 32.2. The highest BCUT2D eigenvalue weighted by Crippen LogP contribution is 2.41. The zero-order valence-corrected chi connectivity index (χ0v) is 19.4. The van der Waals surface area contributed by atoms with Gasteiger partial charge in [-0.2, -0.15) is 0 Å². The van der Waals surface area contributed by atoms with Crippen molar-refractivity contribution < 1.29 is 23.4 Å². The molecule has 0 amide bonds. The Bertz CT molecular complexity index is 972.